The van der Waals surface area contributed by atoms with Crippen LogP contribution in [0.2, 0.25) is 0 Å². The number of nitrogens with one attached hydrogen (secondary N) is 1. The Balaban J connectivity index is 1.72. The van der Waals surface area contributed by atoms with Gasteiger partial charge in [0.05, 0.1) is 11.7 Å². The Bertz CT molecular complexity index is 756. The van der Waals surface area contributed by atoms with Crippen LogP contribution in [0.4, 0.5) is 5.69 Å². The molecule has 0 saturated carbocycles. The van der Waals surface area contributed by atoms with Crippen LogP contribution >= 0.6 is 0 Å². The van der Waals surface area contributed by atoms with Gasteiger partial charge in [0.2, 0.25) is 0 Å². The molecule has 2 aromatic rings. The minimum Gasteiger partial charge on any atom is -0.508 e. The van der Waals surface area contributed by atoms with Crippen molar-refractivity contribution in [2.45, 2.75) is 25.1 Å². The lowest BCUT2D eigenvalue weighted by molar-refractivity contribution is 0.0427. The number of hydrogen-bond donors (Lipinski definition) is 2. The minimum atomic E-state index is -0.316. The molecule has 0 aromatic heterocycles. The summed E-state index contributed by atoms with van der Waals surface area (Å²) in [4.78, 5) is 14.9. The van der Waals surface area contributed by atoms with Crippen LogP contribution in [-0.4, -0.2) is 35.2 Å². The van der Waals surface area contributed by atoms with Gasteiger partial charge in [0, 0.05) is 18.8 Å². The number of aromatic hydroxyl groups is 1. The molecule has 124 valence electrons. The first-order chi connectivity index (χ1) is 11.7. The Hall–Kier alpha value is -2.53. The molecule has 2 unspecified atom stereocenters. The average molecular weight is 324 g/mol. The van der Waals surface area contributed by atoms with Gasteiger partial charge < -0.3 is 20.1 Å². The van der Waals surface area contributed by atoms with E-state index < -0.39 is 0 Å². The molecule has 2 heterocycles. The second-order valence-corrected chi connectivity index (χ2v) is 6.28. The third-order valence-corrected chi connectivity index (χ3v) is 4.63. The van der Waals surface area contributed by atoms with Gasteiger partial charge in [-0.25, -0.2) is 0 Å². The topological polar surface area (TPSA) is 61.8 Å². The largest absolute Gasteiger partial charge is 0.508 e. The molecule has 1 fully saturated rings. The van der Waals surface area contributed by atoms with Crippen LogP contribution in [0, 0.1) is 0 Å². The maximum Gasteiger partial charge on any atom is 0.257 e. The normalized spacial score (nSPS) is 23.0. The zero-order chi connectivity index (χ0) is 16.5. The van der Waals surface area contributed by atoms with Crippen molar-refractivity contribution < 1.29 is 14.6 Å². The van der Waals surface area contributed by atoms with Gasteiger partial charge in [-0.15, -0.1) is 0 Å². The predicted octanol–water partition coefficient (Wildman–Crippen LogP) is 3.14. The molecule has 4 rings (SSSR count). The zero-order valence-electron chi connectivity index (χ0n) is 13.3. The zero-order valence-corrected chi connectivity index (χ0v) is 13.3. The third-order valence-electron chi connectivity index (χ3n) is 4.63. The number of fused-ring (bicyclic) bond motifs is 1. The lowest BCUT2D eigenvalue weighted by atomic mass is 10.0. The average Bonchev–Trinajstić information content (AvgIpc) is 3.10. The van der Waals surface area contributed by atoms with Crippen LogP contribution in [0.15, 0.2) is 48.5 Å². The number of rotatable bonds is 3. The van der Waals surface area contributed by atoms with Crippen molar-refractivity contribution in [1.29, 1.82) is 0 Å². The van der Waals surface area contributed by atoms with Crippen LogP contribution in [0.5, 0.6) is 5.75 Å². The molecule has 2 N–H and O–H groups in total. The van der Waals surface area contributed by atoms with Gasteiger partial charge in [-0.05, 0) is 42.7 Å². The van der Waals surface area contributed by atoms with Crippen LogP contribution in [-0.2, 0) is 4.74 Å². The Morgan fingerprint density at radius 2 is 2.08 bits per heavy atom. The number of amides is 1. The van der Waals surface area contributed by atoms with E-state index in [1.807, 2.05) is 35.2 Å². The first-order valence-electron chi connectivity index (χ1n) is 8.29. The molecule has 1 amide bonds. The summed E-state index contributed by atoms with van der Waals surface area (Å²) in [6.45, 7) is 1.30. The van der Waals surface area contributed by atoms with Gasteiger partial charge in [0.25, 0.3) is 5.91 Å². The van der Waals surface area contributed by atoms with E-state index in [4.69, 9.17) is 4.74 Å². The lowest BCUT2D eigenvalue weighted by Crippen LogP contribution is -2.46. The Kier molecular flexibility index (Phi) is 3.86. The van der Waals surface area contributed by atoms with E-state index in [0.717, 1.165) is 30.7 Å². The number of carbonyl (C=O) groups excluding carboxylic acids is 1. The number of nitrogens with zero attached hydrogens (tertiary/aromatic N) is 1. The number of phenols is 1. The van der Waals surface area contributed by atoms with Gasteiger partial charge in [-0.3, -0.25) is 4.79 Å². The lowest BCUT2D eigenvalue weighted by Gasteiger charge is -2.39. The summed E-state index contributed by atoms with van der Waals surface area (Å²) in [6, 6.07) is 14.6. The van der Waals surface area contributed by atoms with E-state index in [1.54, 1.807) is 18.2 Å². The van der Waals surface area contributed by atoms with E-state index in [2.05, 4.69) is 5.32 Å². The number of phenolic OH excluding ortho intramolecular Hbond substituents is 1. The van der Waals surface area contributed by atoms with Crippen molar-refractivity contribution in [3.63, 3.8) is 0 Å². The number of carbonyl (C=O) groups is 1. The van der Waals surface area contributed by atoms with E-state index in [9.17, 15) is 9.90 Å². The first-order valence-corrected chi connectivity index (χ1v) is 8.29. The summed E-state index contributed by atoms with van der Waals surface area (Å²) in [7, 11) is 0. The molecule has 5 nitrogen and oxygen atoms in total. The Labute approximate surface area is 140 Å². The second kappa shape index (κ2) is 6.17. The molecule has 1 saturated heterocycles. The smallest absolute Gasteiger partial charge is 0.257 e. The van der Waals surface area contributed by atoms with E-state index >= 15 is 0 Å². The molecule has 2 aliphatic rings. The highest BCUT2D eigenvalue weighted by atomic mass is 16.5. The van der Waals surface area contributed by atoms with Gasteiger partial charge >= 0.3 is 0 Å². The van der Waals surface area contributed by atoms with Crippen molar-refractivity contribution in [3.8, 4) is 5.75 Å². The second-order valence-electron chi connectivity index (χ2n) is 6.28. The summed E-state index contributed by atoms with van der Waals surface area (Å²) in [5.41, 5.74) is 2.35. The van der Waals surface area contributed by atoms with Crippen molar-refractivity contribution in [2.24, 2.45) is 0 Å². The summed E-state index contributed by atoms with van der Waals surface area (Å²) in [5, 5.41) is 13.3. The monoisotopic (exact) mass is 324 g/mol. The fourth-order valence-electron chi connectivity index (χ4n) is 3.45. The van der Waals surface area contributed by atoms with Crippen LogP contribution in [0.1, 0.15) is 34.9 Å². The van der Waals surface area contributed by atoms with E-state index in [-0.39, 0.29) is 23.9 Å². The standard InChI is InChI=1S/C19H20N2O3/c22-14-6-3-5-13(11-14)18-20-17-9-2-1-8-16(17)19(23)21(18)12-15-7-4-10-24-15/h1-3,5-6,8-9,11,15,18,20,22H,4,7,10,12H2. The van der Waals surface area contributed by atoms with E-state index in [0.29, 0.717) is 12.1 Å². The molecule has 24 heavy (non-hydrogen) atoms. The molecule has 2 aromatic carbocycles. The SMILES string of the molecule is O=C1c2ccccc2NC(c2cccc(O)c2)N1CC1CCCO1. The highest BCUT2D eigenvalue weighted by Crippen LogP contribution is 2.34. The maximum absolute atomic E-state index is 13.0. The molecule has 0 radical (unpaired) electrons. The van der Waals surface area contributed by atoms with Crippen LogP contribution in [0.25, 0.3) is 0 Å². The molecule has 5 heteroatoms. The van der Waals surface area contributed by atoms with Gasteiger partial charge in [-0.2, -0.15) is 0 Å². The molecular formula is C19H20N2O3. The van der Waals surface area contributed by atoms with Crippen LogP contribution < -0.4 is 5.32 Å². The van der Waals surface area contributed by atoms with Gasteiger partial charge in [0.15, 0.2) is 0 Å². The van der Waals surface area contributed by atoms with Crippen molar-refractivity contribution in [1.82, 2.24) is 4.90 Å². The van der Waals surface area contributed by atoms with Crippen LogP contribution in [0.3, 0.4) is 0 Å². The summed E-state index contributed by atoms with van der Waals surface area (Å²) < 4.78 is 5.73. The number of para-hydroxylation sites is 1. The molecular weight excluding hydrogens is 304 g/mol. The number of hydrogen-bond acceptors (Lipinski definition) is 4. The fraction of sp³-hybridized carbons (Fsp3) is 0.316. The Morgan fingerprint density at radius 1 is 1.21 bits per heavy atom. The van der Waals surface area contributed by atoms with Crippen molar-refractivity contribution >= 4 is 11.6 Å². The van der Waals surface area contributed by atoms with Gasteiger partial charge in [0.1, 0.15) is 11.9 Å². The van der Waals surface area contributed by atoms with Crippen molar-refractivity contribution in [2.75, 3.05) is 18.5 Å². The minimum absolute atomic E-state index is 0.00630. The maximum atomic E-state index is 13.0. The molecule has 0 aliphatic carbocycles. The third kappa shape index (κ3) is 2.71. The molecule has 0 spiro atoms. The first kappa shape index (κ1) is 15.0. The predicted molar refractivity (Wildman–Crippen MR) is 90.9 cm³/mol. The number of anilines is 1. The quantitative estimate of drug-likeness (QED) is 0.910. The summed E-state index contributed by atoms with van der Waals surface area (Å²) >= 11 is 0. The fourth-order valence-corrected chi connectivity index (χ4v) is 3.45. The van der Waals surface area contributed by atoms with E-state index in [1.165, 1.54) is 0 Å². The Morgan fingerprint density at radius 3 is 2.88 bits per heavy atom. The summed E-state index contributed by atoms with van der Waals surface area (Å²) in [5.74, 6) is 0.186. The van der Waals surface area contributed by atoms with Crippen molar-refractivity contribution in [3.05, 3.63) is 59.7 Å². The molecule has 0 bridgehead atoms. The molecule has 2 atom stereocenters. The summed E-state index contributed by atoms with van der Waals surface area (Å²) in [6.07, 6.45) is 1.76. The number of ether oxygens (including phenoxy) is 1. The molecule has 2 aliphatic heterocycles. The highest BCUT2D eigenvalue weighted by Gasteiger charge is 2.35. The number of benzene rings is 2. The highest BCUT2D eigenvalue weighted by molar-refractivity contribution is 6.01. The van der Waals surface area contributed by atoms with Gasteiger partial charge in [-0.1, -0.05) is 24.3 Å².